The number of nitrogens with zero attached hydrogens (tertiary/aromatic N) is 2. The topological polar surface area (TPSA) is 145 Å². The van der Waals surface area contributed by atoms with Gasteiger partial charge in [-0.3, -0.25) is 14.2 Å². The zero-order valence-corrected chi connectivity index (χ0v) is 20.2. The van der Waals surface area contributed by atoms with Gasteiger partial charge in [0, 0.05) is 12.1 Å². The van der Waals surface area contributed by atoms with E-state index in [1.807, 2.05) is 20.8 Å². The van der Waals surface area contributed by atoms with E-state index < -0.39 is 30.8 Å². The van der Waals surface area contributed by atoms with E-state index in [1.54, 1.807) is 4.90 Å². The maximum absolute atomic E-state index is 13.4. The number of hydrogen-bond acceptors (Lipinski definition) is 5. The van der Waals surface area contributed by atoms with Crippen molar-refractivity contribution in [3.63, 3.8) is 0 Å². The van der Waals surface area contributed by atoms with E-state index in [2.05, 4.69) is 30.9 Å². The number of benzene rings is 1. The molecule has 0 fully saturated rings. The third-order valence-corrected chi connectivity index (χ3v) is 7.01. The SMILES string of the molecule is CC(C)(C)CCN1C(=O)C(C2=NP(=O)(O)c3cc(C(N)=O)ccc3N2)=C(O)C1C(C)(C)C. The second kappa shape index (κ2) is 7.74. The highest BCUT2D eigenvalue weighted by Gasteiger charge is 2.48. The molecule has 2 aliphatic heterocycles. The van der Waals surface area contributed by atoms with Crippen molar-refractivity contribution in [2.24, 2.45) is 21.3 Å². The second-order valence-electron chi connectivity index (χ2n) is 10.6. The Labute approximate surface area is 187 Å². The van der Waals surface area contributed by atoms with Crippen LogP contribution in [0.5, 0.6) is 0 Å². The summed E-state index contributed by atoms with van der Waals surface area (Å²) in [5, 5.41) is 13.9. The maximum Gasteiger partial charge on any atom is 0.346 e. The fourth-order valence-corrected chi connectivity index (χ4v) is 5.21. The smallest absolute Gasteiger partial charge is 0.346 e. The minimum absolute atomic E-state index is 0.0282. The standard InChI is InChI=1S/C22H31N4O5P/c1-21(2,3)9-10-26-17(22(4,5)6)16(27)15(20(26)29)19-24-13-8-7-12(18(23)28)11-14(13)32(30,31)25-19/h7-8,11,17,27H,9-10H2,1-6H3,(H2,23,28)(H2,24,25,30,31). The predicted octanol–water partition coefficient (Wildman–Crippen LogP) is 2.93. The summed E-state index contributed by atoms with van der Waals surface area (Å²) in [5.41, 5.74) is 4.94. The first-order valence-corrected chi connectivity index (χ1v) is 12.0. The number of fused-ring (bicyclic) bond motifs is 1. The monoisotopic (exact) mass is 462 g/mol. The van der Waals surface area contributed by atoms with Crippen LogP contribution in [0.15, 0.2) is 34.3 Å². The molecular weight excluding hydrogens is 431 g/mol. The van der Waals surface area contributed by atoms with Gasteiger partial charge in [-0.2, -0.15) is 4.76 Å². The van der Waals surface area contributed by atoms with Crippen molar-refractivity contribution in [1.82, 2.24) is 4.90 Å². The normalized spacial score (nSPS) is 23.7. The summed E-state index contributed by atoms with van der Waals surface area (Å²) < 4.78 is 16.9. The molecule has 2 amide bonds. The number of aliphatic hydroxyl groups is 1. The van der Waals surface area contributed by atoms with Gasteiger partial charge in [0.2, 0.25) is 5.91 Å². The first-order chi connectivity index (χ1) is 14.5. The van der Waals surface area contributed by atoms with Crippen molar-refractivity contribution in [1.29, 1.82) is 0 Å². The quantitative estimate of drug-likeness (QED) is 0.506. The number of carbonyl (C=O) groups is 2. The number of primary amides is 1. The molecule has 10 heteroatoms. The predicted molar refractivity (Wildman–Crippen MR) is 124 cm³/mol. The highest BCUT2D eigenvalue weighted by molar-refractivity contribution is 7.65. The molecule has 32 heavy (non-hydrogen) atoms. The van der Waals surface area contributed by atoms with Gasteiger partial charge < -0.3 is 26.0 Å². The Morgan fingerprint density at radius 2 is 1.88 bits per heavy atom. The average molecular weight is 462 g/mol. The van der Waals surface area contributed by atoms with Crippen LogP contribution < -0.4 is 16.4 Å². The van der Waals surface area contributed by atoms with E-state index in [4.69, 9.17) is 5.73 Å². The summed E-state index contributed by atoms with van der Waals surface area (Å²) in [6.45, 7) is 12.4. The van der Waals surface area contributed by atoms with Crippen LogP contribution >= 0.6 is 7.52 Å². The first kappa shape index (κ1) is 24.0. The lowest BCUT2D eigenvalue weighted by atomic mass is 9.84. The number of amides is 2. The third-order valence-electron chi connectivity index (χ3n) is 5.55. The molecule has 2 atom stereocenters. The number of nitrogens with one attached hydrogen (secondary N) is 1. The van der Waals surface area contributed by atoms with Crippen LogP contribution in [0.4, 0.5) is 5.69 Å². The summed E-state index contributed by atoms with van der Waals surface area (Å²) >= 11 is 0. The molecule has 2 unspecified atom stereocenters. The molecule has 2 aliphatic rings. The van der Waals surface area contributed by atoms with Gasteiger partial charge in [-0.1, -0.05) is 41.5 Å². The Bertz CT molecular complexity index is 1090. The van der Waals surface area contributed by atoms with Crippen molar-refractivity contribution >= 4 is 36.2 Å². The van der Waals surface area contributed by atoms with Gasteiger partial charge in [-0.15, -0.1) is 0 Å². The Balaban J connectivity index is 2.06. The van der Waals surface area contributed by atoms with Crippen molar-refractivity contribution < 1.29 is 24.2 Å². The molecule has 0 spiro atoms. The van der Waals surface area contributed by atoms with Gasteiger partial charge in [0.25, 0.3) is 5.91 Å². The van der Waals surface area contributed by atoms with Gasteiger partial charge in [-0.25, -0.2) is 0 Å². The molecule has 0 aliphatic carbocycles. The number of carbonyl (C=O) groups excluding carboxylic acids is 2. The second-order valence-corrected chi connectivity index (χ2v) is 12.3. The highest BCUT2D eigenvalue weighted by Crippen LogP contribution is 2.48. The average Bonchev–Trinajstić information content (AvgIpc) is 2.88. The molecule has 174 valence electrons. The lowest BCUT2D eigenvalue weighted by Crippen LogP contribution is -2.45. The van der Waals surface area contributed by atoms with Gasteiger partial charge in [0.15, 0.2) is 5.84 Å². The fourth-order valence-electron chi connectivity index (χ4n) is 3.93. The Hall–Kier alpha value is -2.64. The number of nitrogens with two attached hydrogens (primary N) is 1. The maximum atomic E-state index is 13.4. The van der Waals surface area contributed by atoms with Crippen molar-refractivity contribution in [2.75, 3.05) is 11.9 Å². The summed E-state index contributed by atoms with van der Waals surface area (Å²) in [6.07, 6.45) is 0.711. The third kappa shape index (κ3) is 4.45. The van der Waals surface area contributed by atoms with E-state index >= 15 is 0 Å². The minimum atomic E-state index is -4.33. The van der Waals surface area contributed by atoms with Crippen LogP contribution in [0.2, 0.25) is 0 Å². The van der Waals surface area contributed by atoms with E-state index in [0.29, 0.717) is 13.0 Å². The van der Waals surface area contributed by atoms with Crippen LogP contribution in [0, 0.1) is 10.8 Å². The number of amidine groups is 1. The number of anilines is 1. The number of hydrogen-bond donors (Lipinski definition) is 4. The van der Waals surface area contributed by atoms with E-state index in [1.165, 1.54) is 18.2 Å². The lowest BCUT2D eigenvalue weighted by molar-refractivity contribution is -0.128. The minimum Gasteiger partial charge on any atom is -0.509 e. The van der Waals surface area contributed by atoms with Crippen LogP contribution in [0.25, 0.3) is 0 Å². The molecule has 2 heterocycles. The van der Waals surface area contributed by atoms with Crippen LogP contribution in [0.1, 0.15) is 58.3 Å². The van der Waals surface area contributed by atoms with E-state index in [9.17, 15) is 24.2 Å². The van der Waals surface area contributed by atoms with E-state index in [0.717, 1.165) is 0 Å². The largest absolute Gasteiger partial charge is 0.509 e. The zero-order valence-electron chi connectivity index (χ0n) is 19.3. The Kier molecular flexibility index (Phi) is 5.81. The number of aliphatic hydroxyl groups excluding tert-OH is 1. The molecule has 0 bridgehead atoms. The number of rotatable bonds is 4. The van der Waals surface area contributed by atoms with Crippen LogP contribution in [0.3, 0.4) is 0 Å². The summed E-state index contributed by atoms with van der Waals surface area (Å²) in [6, 6.07) is 3.45. The van der Waals surface area contributed by atoms with Gasteiger partial charge >= 0.3 is 7.52 Å². The molecular formula is C22H31N4O5P. The molecule has 0 aromatic heterocycles. The summed E-state index contributed by atoms with van der Waals surface area (Å²) in [4.78, 5) is 37.1. The Morgan fingerprint density at radius 1 is 1.25 bits per heavy atom. The fraction of sp³-hybridized carbons (Fsp3) is 0.500. The molecule has 0 saturated heterocycles. The Morgan fingerprint density at radius 3 is 2.41 bits per heavy atom. The van der Waals surface area contributed by atoms with Crippen molar-refractivity contribution in [3.8, 4) is 0 Å². The lowest BCUT2D eigenvalue weighted by Gasteiger charge is -2.36. The van der Waals surface area contributed by atoms with Crippen molar-refractivity contribution in [3.05, 3.63) is 35.1 Å². The molecule has 3 rings (SSSR count). The van der Waals surface area contributed by atoms with Gasteiger partial charge in [-0.05, 0) is 35.4 Å². The van der Waals surface area contributed by atoms with Crippen LogP contribution in [-0.2, 0) is 9.36 Å². The molecule has 0 saturated carbocycles. The van der Waals surface area contributed by atoms with Crippen LogP contribution in [-0.4, -0.2) is 45.1 Å². The first-order valence-electron chi connectivity index (χ1n) is 10.4. The molecule has 1 aromatic carbocycles. The van der Waals surface area contributed by atoms with Crippen molar-refractivity contribution in [2.45, 2.75) is 54.0 Å². The zero-order chi connectivity index (χ0) is 24.2. The molecule has 5 N–H and O–H groups in total. The summed E-state index contributed by atoms with van der Waals surface area (Å²) in [5.74, 6) is -1.53. The van der Waals surface area contributed by atoms with Gasteiger partial charge in [0.1, 0.15) is 11.3 Å². The molecule has 9 nitrogen and oxygen atoms in total. The highest BCUT2D eigenvalue weighted by atomic mass is 31.2. The van der Waals surface area contributed by atoms with E-state index in [-0.39, 0.29) is 39.1 Å². The molecule has 0 radical (unpaired) electrons. The summed E-state index contributed by atoms with van der Waals surface area (Å²) in [7, 11) is -4.33. The van der Waals surface area contributed by atoms with Gasteiger partial charge in [0.05, 0.1) is 17.0 Å². The molecule has 1 aromatic rings.